The molecule has 0 aliphatic carbocycles. The summed E-state index contributed by atoms with van der Waals surface area (Å²) in [6.07, 6.45) is 4.60. The molecule has 32 heavy (non-hydrogen) atoms. The van der Waals surface area contributed by atoms with Crippen molar-refractivity contribution in [1.29, 1.82) is 0 Å². The third-order valence-electron chi connectivity index (χ3n) is 4.09. The SMILES string of the molecule is CC(CCCOCC=NOCc1ccccc1)Oc1c(Cl)cc(OCC=C(Cl)Cl)cc1Cl. The minimum absolute atomic E-state index is 0.0961. The van der Waals surface area contributed by atoms with Gasteiger partial charge in [0.15, 0.2) is 5.75 Å². The number of ether oxygens (including phenoxy) is 3. The molecule has 2 rings (SSSR count). The summed E-state index contributed by atoms with van der Waals surface area (Å²) in [5.74, 6) is 0.913. The topological polar surface area (TPSA) is 49.3 Å². The van der Waals surface area contributed by atoms with Gasteiger partial charge < -0.3 is 19.0 Å². The number of hydrogen-bond donors (Lipinski definition) is 0. The Morgan fingerprint density at radius 3 is 2.47 bits per heavy atom. The molecule has 0 saturated heterocycles. The quantitative estimate of drug-likeness (QED) is 0.147. The van der Waals surface area contributed by atoms with Gasteiger partial charge in [0.05, 0.1) is 29.0 Å². The molecule has 0 spiro atoms. The lowest BCUT2D eigenvalue weighted by Crippen LogP contribution is -2.13. The van der Waals surface area contributed by atoms with Crippen molar-refractivity contribution < 1.29 is 19.0 Å². The summed E-state index contributed by atoms with van der Waals surface area (Å²) < 4.78 is 17.0. The van der Waals surface area contributed by atoms with E-state index in [4.69, 9.17) is 65.5 Å². The van der Waals surface area contributed by atoms with E-state index in [9.17, 15) is 0 Å². The zero-order valence-electron chi connectivity index (χ0n) is 17.6. The van der Waals surface area contributed by atoms with Crippen molar-refractivity contribution in [3.05, 3.63) is 68.6 Å². The van der Waals surface area contributed by atoms with E-state index >= 15 is 0 Å². The predicted molar refractivity (Wildman–Crippen MR) is 132 cm³/mol. The standard InChI is InChI=1S/C23H25Cl4NO4/c1-17(6-5-11-29-13-10-28-31-16-18-7-3-2-4-8-18)32-23-20(24)14-19(15-21(23)25)30-12-9-22(26)27/h2-4,7-10,14-15,17H,5-6,11-13,16H2,1H3. The third-order valence-corrected chi connectivity index (χ3v) is 4.96. The van der Waals surface area contributed by atoms with Crippen molar-refractivity contribution in [2.24, 2.45) is 5.16 Å². The first kappa shape index (κ1) is 26.6. The maximum absolute atomic E-state index is 6.30. The smallest absolute Gasteiger partial charge is 0.157 e. The molecule has 174 valence electrons. The van der Waals surface area contributed by atoms with Gasteiger partial charge >= 0.3 is 0 Å². The Bertz CT molecular complexity index is 851. The molecule has 0 aliphatic rings. The number of halogens is 4. The Labute approximate surface area is 208 Å². The van der Waals surface area contributed by atoms with Gasteiger partial charge in [0.1, 0.15) is 23.5 Å². The number of hydrogen-bond acceptors (Lipinski definition) is 5. The maximum atomic E-state index is 6.30. The molecule has 0 amide bonds. The van der Waals surface area contributed by atoms with Gasteiger partial charge in [0, 0.05) is 18.7 Å². The largest absolute Gasteiger partial charge is 0.489 e. The van der Waals surface area contributed by atoms with Crippen LogP contribution < -0.4 is 9.47 Å². The fourth-order valence-corrected chi connectivity index (χ4v) is 3.25. The highest BCUT2D eigenvalue weighted by molar-refractivity contribution is 6.55. The molecule has 0 aromatic heterocycles. The summed E-state index contributed by atoms with van der Waals surface area (Å²) in [5.41, 5.74) is 1.07. The van der Waals surface area contributed by atoms with Crippen molar-refractivity contribution in [1.82, 2.24) is 0 Å². The van der Waals surface area contributed by atoms with Gasteiger partial charge in [-0.25, -0.2) is 0 Å². The summed E-state index contributed by atoms with van der Waals surface area (Å²) in [5, 5.41) is 4.61. The Hall–Kier alpha value is -1.63. The van der Waals surface area contributed by atoms with Gasteiger partial charge in [-0.05, 0) is 31.4 Å². The van der Waals surface area contributed by atoms with Gasteiger partial charge in [0.2, 0.25) is 0 Å². The van der Waals surface area contributed by atoms with Crippen LogP contribution in [0.3, 0.4) is 0 Å². The molecular weight excluding hydrogens is 496 g/mol. The molecule has 1 atom stereocenters. The number of oxime groups is 1. The van der Waals surface area contributed by atoms with Gasteiger partial charge in [-0.15, -0.1) is 0 Å². The van der Waals surface area contributed by atoms with E-state index in [0.717, 1.165) is 18.4 Å². The molecule has 2 aromatic carbocycles. The van der Waals surface area contributed by atoms with Crippen LogP contribution in [0.1, 0.15) is 25.3 Å². The molecule has 2 aromatic rings. The first-order valence-electron chi connectivity index (χ1n) is 10.0. The Morgan fingerprint density at radius 2 is 1.78 bits per heavy atom. The zero-order valence-corrected chi connectivity index (χ0v) is 20.6. The summed E-state index contributed by atoms with van der Waals surface area (Å²) in [4.78, 5) is 5.21. The van der Waals surface area contributed by atoms with Crippen LogP contribution in [0.15, 0.2) is 58.2 Å². The van der Waals surface area contributed by atoms with E-state index in [2.05, 4.69) is 5.16 Å². The first-order valence-corrected chi connectivity index (χ1v) is 11.5. The van der Waals surface area contributed by atoms with Crippen molar-refractivity contribution in [2.75, 3.05) is 19.8 Å². The molecule has 0 aliphatic heterocycles. The van der Waals surface area contributed by atoms with Crippen LogP contribution in [0.25, 0.3) is 0 Å². The first-order chi connectivity index (χ1) is 15.5. The minimum Gasteiger partial charge on any atom is -0.489 e. The Balaban J connectivity index is 1.62. The summed E-state index contributed by atoms with van der Waals surface area (Å²) >= 11 is 23.7. The molecular formula is C23H25Cl4NO4. The van der Waals surface area contributed by atoms with Crippen LogP contribution in [0.4, 0.5) is 0 Å². The number of nitrogens with zero attached hydrogens (tertiary/aromatic N) is 1. The second-order valence-corrected chi connectivity index (χ2v) is 8.54. The van der Waals surface area contributed by atoms with Crippen molar-refractivity contribution in [3.63, 3.8) is 0 Å². The van der Waals surface area contributed by atoms with E-state index < -0.39 is 0 Å². The van der Waals surface area contributed by atoms with Crippen LogP contribution in [0, 0.1) is 0 Å². The van der Waals surface area contributed by atoms with Gasteiger partial charge in [-0.3, -0.25) is 0 Å². The summed E-state index contributed by atoms with van der Waals surface area (Å²) in [6, 6.07) is 13.1. The van der Waals surface area contributed by atoms with Gasteiger partial charge in [-0.2, -0.15) is 0 Å². The van der Waals surface area contributed by atoms with E-state index in [0.29, 0.717) is 41.4 Å². The molecule has 0 saturated carbocycles. The molecule has 0 bridgehead atoms. The average Bonchev–Trinajstić information content (AvgIpc) is 2.75. The minimum atomic E-state index is -0.0961. The highest BCUT2D eigenvalue weighted by atomic mass is 35.5. The highest BCUT2D eigenvalue weighted by Crippen LogP contribution is 2.37. The van der Waals surface area contributed by atoms with E-state index in [-0.39, 0.29) is 17.2 Å². The zero-order chi connectivity index (χ0) is 23.2. The van der Waals surface area contributed by atoms with Crippen molar-refractivity contribution in [3.8, 4) is 11.5 Å². The monoisotopic (exact) mass is 519 g/mol. The molecule has 0 fully saturated rings. The van der Waals surface area contributed by atoms with E-state index in [1.807, 2.05) is 37.3 Å². The second kappa shape index (κ2) is 15.3. The Kier molecular flexibility index (Phi) is 12.7. The van der Waals surface area contributed by atoms with Gasteiger partial charge in [0.25, 0.3) is 0 Å². The van der Waals surface area contributed by atoms with Crippen LogP contribution in [0.2, 0.25) is 10.0 Å². The van der Waals surface area contributed by atoms with E-state index in [1.54, 1.807) is 18.3 Å². The summed E-state index contributed by atoms with van der Waals surface area (Å²) in [7, 11) is 0. The molecule has 9 heteroatoms. The van der Waals surface area contributed by atoms with E-state index in [1.165, 1.54) is 6.08 Å². The predicted octanol–water partition coefficient (Wildman–Crippen LogP) is 7.46. The lowest BCUT2D eigenvalue weighted by molar-refractivity contribution is 0.122. The van der Waals surface area contributed by atoms with Crippen LogP contribution in [0.5, 0.6) is 11.5 Å². The lowest BCUT2D eigenvalue weighted by Gasteiger charge is -2.17. The van der Waals surface area contributed by atoms with Crippen molar-refractivity contribution in [2.45, 2.75) is 32.5 Å². The second-order valence-electron chi connectivity index (χ2n) is 6.71. The molecule has 1 unspecified atom stereocenters. The number of rotatable bonds is 14. The summed E-state index contributed by atoms with van der Waals surface area (Å²) in [6.45, 7) is 3.54. The highest BCUT2D eigenvalue weighted by Gasteiger charge is 2.14. The van der Waals surface area contributed by atoms with Crippen LogP contribution in [-0.4, -0.2) is 32.1 Å². The maximum Gasteiger partial charge on any atom is 0.157 e. The fourth-order valence-electron chi connectivity index (χ4n) is 2.57. The molecule has 0 heterocycles. The fraction of sp³-hybridized carbons (Fsp3) is 0.348. The van der Waals surface area contributed by atoms with Gasteiger partial charge in [-0.1, -0.05) is 81.9 Å². The average molecular weight is 521 g/mol. The third kappa shape index (κ3) is 10.8. The molecule has 5 nitrogen and oxygen atoms in total. The van der Waals surface area contributed by atoms with Crippen molar-refractivity contribution >= 4 is 52.6 Å². The molecule has 0 N–H and O–H groups in total. The normalized spacial score (nSPS) is 11.9. The Morgan fingerprint density at radius 1 is 1.06 bits per heavy atom. The molecule has 0 radical (unpaired) electrons. The lowest BCUT2D eigenvalue weighted by atomic mass is 10.2. The van der Waals surface area contributed by atoms with Crippen LogP contribution in [-0.2, 0) is 16.2 Å². The number of benzene rings is 2. The van der Waals surface area contributed by atoms with Crippen LogP contribution >= 0.6 is 46.4 Å².